The topological polar surface area (TPSA) is 105 Å². The van der Waals surface area contributed by atoms with Gasteiger partial charge in [0.25, 0.3) is 0 Å². The van der Waals surface area contributed by atoms with Crippen molar-refractivity contribution in [2.24, 2.45) is 7.05 Å². The monoisotopic (exact) mass is 357 g/mol. The third kappa shape index (κ3) is 3.83. The quantitative estimate of drug-likeness (QED) is 0.658. The Balaban J connectivity index is 2.28. The Morgan fingerprint density at radius 1 is 1.44 bits per heavy atom. The minimum atomic E-state index is -1.34. The summed E-state index contributed by atoms with van der Waals surface area (Å²) < 4.78 is 16.1. The molecule has 2 heterocycles. The van der Waals surface area contributed by atoms with Crippen molar-refractivity contribution in [1.82, 2.24) is 14.7 Å². The van der Waals surface area contributed by atoms with Gasteiger partial charge in [-0.3, -0.25) is 15.0 Å². The van der Waals surface area contributed by atoms with Crippen LogP contribution in [-0.2, 0) is 7.05 Å². The molecule has 10 heteroatoms. The van der Waals surface area contributed by atoms with E-state index in [1.165, 1.54) is 10.9 Å². The Morgan fingerprint density at radius 2 is 2.04 bits per heavy atom. The number of carboxylic acid groups (broad SMARTS) is 1. The Labute approximate surface area is 145 Å². The van der Waals surface area contributed by atoms with E-state index in [-0.39, 0.29) is 25.1 Å². The molecular formula is C15H24FN5O4. The molecule has 1 fully saturated rings. The van der Waals surface area contributed by atoms with Crippen LogP contribution in [0.15, 0.2) is 6.20 Å². The molecule has 1 aliphatic rings. The lowest BCUT2D eigenvalue weighted by atomic mass is 9.98. The molecular weight excluding hydrogens is 333 g/mol. The van der Waals surface area contributed by atoms with Gasteiger partial charge in [-0.15, -0.1) is 0 Å². The standard InChI is InChI=1S/C15H24FN5O4/c1-15(2,3)20(14(22)23)11-6-8-19(7-5-10(11)16)13-12(21(24)25)9-17-18(13)4/h9-11H,5-8H2,1-4H3,(H,22,23). The van der Waals surface area contributed by atoms with Gasteiger partial charge in [0.2, 0.25) is 5.82 Å². The fraction of sp³-hybridized carbons (Fsp3) is 0.733. The lowest BCUT2D eigenvalue weighted by Crippen LogP contribution is -2.54. The van der Waals surface area contributed by atoms with E-state index in [0.29, 0.717) is 12.4 Å². The normalized spacial score (nSPS) is 21.7. The highest BCUT2D eigenvalue weighted by molar-refractivity contribution is 5.66. The lowest BCUT2D eigenvalue weighted by molar-refractivity contribution is -0.384. The first-order valence-electron chi connectivity index (χ1n) is 8.11. The van der Waals surface area contributed by atoms with E-state index in [2.05, 4.69) is 5.10 Å². The van der Waals surface area contributed by atoms with Crippen LogP contribution in [0.25, 0.3) is 0 Å². The van der Waals surface area contributed by atoms with E-state index >= 15 is 0 Å². The predicted molar refractivity (Wildman–Crippen MR) is 89.6 cm³/mol. The van der Waals surface area contributed by atoms with E-state index in [9.17, 15) is 24.4 Å². The zero-order valence-electron chi connectivity index (χ0n) is 14.8. The molecule has 2 rings (SSSR count). The first-order chi connectivity index (χ1) is 11.5. The molecule has 0 aliphatic carbocycles. The second-order valence-electron chi connectivity index (χ2n) is 7.21. The van der Waals surface area contributed by atoms with E-state index in [4.69, 9.17) is 0 Å². The number of aryl methyl sites for hydroxylation is 1. The summed E-state index contributed by atoms with van der Waals surface area (Å²) in [6.45, 7) is 5.74. The van der Waals surface area contributed by atoms with E-state index < -0.39 is 28.8 Å². The summed E-state index contributed by atoms with van der Waals surface area (Å²) in [5, 5.41) is 24.6. The van der Waals surface area contributed by atoms with Crippen molar-refractivity contribution >= 4 is 17.6 Å². The van der Waals surface area contributed by atoms with E-state index in [0.717, 1.165) is 4.90 Å². The summed E-state index contributed by atoms with van der Waals surface area (Å²) in [6, 6.07) is -0.796. The van der Waals surface area contributed by atoms with Crippen LogP contribution in [0.1, 0.15) is 33.6 Å². The third-order valence-electron chi connectivity index (χ3n) is 4.43. The molecule has 0 radical (unpaired) electrons. The molecule has 140 valence electrons. The maximum absolute atomic E-state index is 14.7. The Hall–Kier alpha value is -2.39. The summed E-state index contributed by atoms with van der Waals surface area (Å²) >= 11 is 0. The number of hydrogen-bond acceptors (Lipinski definition) is 5. The number of anilines is 1. The Bertz CT molecular complexity index is 657. The molecule has 25 heavy (non-hydrogen) atoms. The summed E-state index contributed by atoms with van der Waals surface area (Å²) in [5.41, 5.74) is -0.878. The molecule has 1 aromatic rings. The van der Waals surface area contributed by atoms with Gasteiger partial charge in [-0.25, -0.2) is 13.9 Å². The number of hydrogen-bond donors (Lipinski definition) is 1. The molecule has 9 nitrogen and oxygen atoms in total. The van der Waals surface area contributed by atoms with Gasteiger partial charge in [-0.2, -0.15) is 5.10 Å². The molecule has 1 amide bonds. The van der Waals surface area contributed by atoms with Gasteiger partial charge in [0.1, 0.15) is 12.4 Å². The summed E-state index contributed by atoms with van der Waals surface area (Å²) in [5.74, 6) is 0.315. The van der Waals surface area contributed by atoms with Crippen LogP contribution in [0, 0.1) is 10.1 Å². The van der Waals surface area contributed by atoms with Gasteiger partial charge in [0.15, 0.2) is 0 Å². The third-order valence-corrected chi connectivity index (χ3v) is 4.43. The number of halogens is 1. The zero-order valence-corrected chi connectivity index (χ0v) is 14.8. The summed E-state index contributed by atoms with van der Waals surface area (Å²) in [6.07, 6.45) is -1.00. The minimum absolute atomic E-state index is 0.0901. The Morgan fingerprint density at radius 3 is 2.56 bits per heavy atom. The van der Waals surface area contributed by atoms with Crippen molar-refractivity contribution in [3.05, 3.63) is 16.3 Å². The Kier molecular flexibility index (Phi) is 5.19. The number of nitrogens with zero attached hydrogens (tertiary/aromatic N) is 5. The molecule has 1 N–H and O–H groups in total. The molecule has 0 aromatic carbocycles. The van der Waals surface area contributed by atoms with Crippen molar-refractivity contribution in [2.75, 3.05) is 18.0 Å². The highest BCUT2D eigenvalue weighted by Gasteiger charge is 2.40. The molecule has 0 bridgehead atoms. The SMILES string of the molecule is Cn1ncc([N+](=O)[O-])c1N1CCC(F)C(N(C(=O)O)C(C)(C)C)CC1. The number of amides is 1. The molecule has 0 spiro atoms. The van der Waals surface area contributed by atoms with Crippen molar-refractivity contribution in [2.45, 2.75) is 51.4 Å². The molecule has 0 saturated carbocycles. The first-order valence-corrected chi connectivity index (χ1v) is 8.11. The highest BCUT2D eigenvalue weighted by Crippen LogP contribution is 2.32. The first kappa shape index (κ1) is 18.9. The second kappa shape index (κ2) is 6.85. The molecule has 1 aromatic heterocycles. The number of alkyl halides is 1. The van der Waals surface area contributed by atoms with Crippen molar-refractivity contribution in [1.29, 1.82) is 0 Å². The number of carbonyl (C=O) groups is 1. The van der Waals surface area contributed by atoms with Gasteiger partial charge in [-0.1, -0.05) is 0 Å². The molecule has 1 saturated heterocycles. The van der Waals surface area contributed by atoms with Crippen molar-refractivity contribution in [3.63, 3.8) is 0 Å². The molecule has 2 atom stereocenters. The highest BCUT2D eigenvalue weighted by atomic mass is 19.1. The van der Waals surface area contributed by atoms with Gasteiger partial charge in [-0.05, 0) is 33.6 Å². The van der Waals surface area contributed by atoms with Crippen LogP contribution in [0.3, 0.4) is 0 Å². The van der Waals surface area contributed by atoms with Gasteiger partial charge >= 0.3 is 11.8 Å². The average Bonchev–Trinajstić information content (AvgIpc) is 2.76. The summed E-state index contributed by atoms with van der Waals surface area (Å²) in [7, 11) is 1.59. The largest absolute Gasteiger partial charge is 0.465 e. The number of nitro groups is 1. The average molecular weight is 357 g/mol. The van der Waals surface area contributed by atoms with Crippen LogP contribution < -0.4 is 4.90 Å². The fourth-order valence-electron chi connectivity index (χ4n) is 3.40. The van der Waals surface area contributed by atoms with Crippen LogP contribution in [-0.4, -0.2) is 61.6 Å². The fourth-order valence-corrected chi connectivity index (χ4v) is 3.40. The minimum Gasteiger partial charge on any atom is -0.465 e. The summed E-state index contributed by atoms with van der Waals surface area (Å²) in [4.78, 5) is 25.2. The van der Waals surface area contributed by atoms with Gasteiger partial charge in [0, 0.05) is 25.7 Å². The van der Waals surface area contributed by atoms with Gasteiger partial charge < -0.3 is 10.0 Å². The maximum Gasteiger partial charge on any atom is 0.408 e. The van der Waals surface area contributed by atoms with Crippen LogP contribution in [0.2, 0.25) is 0 Å². The van der Waals surface area contributed by atoms with Crippen molar-refractivity contribution in [3.8, 4) is 0 Å². The van der Waals surface area contributed by atoms with Crippen molar-refractivity contribution < 1.29 is 19.2 Å². The zero-order chi connectivity index (χ0) is 18.9. The molecule has 2 unspecified atom stereocenters. The maximum atomic E-state index is 14.7. The number of aromatic nitrogens is 2. The number of rotatable bonds is 3. The lowest BCUT2D eigenvalue weighted by Gasteiger charge is -2.40. The second-order valence-corrected chi connectivity index (χ2v) is 7.21. The van der Waals surface area contributed by atoms with Crippen LogP contribution >= 0.6 is 0 Å². The van der Waals surface area contributed by atoms with Crippen LogP contribution in [0.4, 0.5) is 20.7 Å². The van der Waals surface area contributed by atoms with Gasteiger partial charge in [0.05, 0.1) is 11.0 Å². The van der Waals surface area contributed by atoms with Crippen LogP contribution in [0.5, 0.6) is 0 Å². The van der Waals surface area contributed by atoms with E-state index in [1.807, 2.05) is 0 Å². The smallest absolute Gasteiger partial charge is 0.408 e. The predicted octanol–water partition coefficient (Wildman–Crippen LogP) is 2.41. The molecule has 1 aliphatic heterocycles. The van der Waals surface area contributed by atoms with E-state index in [1.54, 1.807) is 32.7 Å².